The van der Waals surface area contributed by atoms with Crippen LogP contribution in [0.2, 0.25) is 0 Å². The zero-order chi connectivity index (χ0) is 24.6. The molecule has 0 saturated carbocycles. The topological polar surface area (TPSA) is 83.1 Å². The Hall–Kier alpha value is -4.14. The molecule has 0 saturated heterocycles. The largest absolute Gasteiger partial charge is 0.478 e. The van der Waals surface area contributed by atoms with Gasteiger partial charge in [-0.05, 0) is 60.5 Å². The van der Waals surface area contributed by atoms with Crippen LogP contribution in [0.4, 0.5) is 18.9 Å². The number of amides is 1. The Morgan fingerprint density at radius 2 is 1.79 bits per heavy atom. The minimum atomic E-state index is -4.47. The number of carboxylic acid groups (broad SMARTS) is 1. The maximum atomic E-state index is 13.1. The van der Waals surface area contributed by atoms with Crippen molar-refractivity contribution in [3.63, 3.8) is 0 Å². The summed E-state index contributed by atoms with van der Waals surface area (Å²) in [5.74, 6) is -1.11. The molecule has 174 valence electrons. The summed E-state index contributed by atoms with van der Waals surface area (Å²) in [6.07, 6.45) is -2.97. The highest BCUT2D eigenvalue weighted by atomic mass is 19.4. The lowest BCUT2D eigenvalue weighted by molar-refractivity contribution is -0.137. The molecule has 0 aliphatic carbocycles. The molecule has 1 aliphatic rings. The van der Waals surface area contributed by atoms with E-state index in [1.165, 1.54) is 53.5 Å². The standard InChI is InChI=1S/C25H19F3N2O4/c1-14(2)22-20(23(31)30(29-22)18-8-6-15(7-9-18)24(32)33)13-19-10-11-21(34-19)16-4-3-5-17(12-16)25(26,27)28/h3-14H,1-2H3,(H,32,33)/b20-13-. The first-order valence-corrected chi connectivity index (χ1v) is 10.3. The fourth-order valence-electron chi connectivity index (χ4n) is 3.49. The summed E-state index contributed by atoms with van der Waals surface area (Å²) in [6, 6.07) is 13.6. The van der Waals surface area contributed by atoms with Gasteiger partial charge in [-0.2, -0.15) is 23.3 Å². The lowest BCUT2D eigenvalue weighted by Gasteiger charge is -2.11. The third-order valence-electron chi connectivity index (χ3n) is 5.20. The number of benzene rings is 2. The molecule has 6 nitrogen and oxygen atoms in total. The molecule has 0 radical (unpaired) electrons. The molecule has 2 heterocycles. The normalized spacial score (nSPS) is 15.4. The summed E-state index contributed by atoms with van der Waals surface area (Å²) in [7, 11) is 0. The Morgan fingerprint density at radius 3 is 2.41 bits per heavy atom. The van der Waals surface area contributed by atoms with E-state index in [0.29, 0.717) is 11.4 Å². The molecule has 0 fully saturated rings. The number of hydrazone groups is 1. The molecule has 1 aliphatic heterocycles. The maximum Gasteiger partial charge on any atom is 0.416 e. The number of carbonyl (C=O) groups excluding carboxylic acids is 1. The first-order valence-electron chi connectivity index (χ1n) is 10.3. The van der Waals surface area contributed by atoms with Crippen LogP contribution in [0.5, 0.6) is 0 Å². The summed E-state index contributed by atoms with van der Waals surface area (Å²) in [6.45, 7) is 3.74. The van der Waals surface area contributed by atoms with Crippen molar-refractivity contribution in [2.24, 2.45) is 11.0 Å². The van der Waals surface area contributed by atoms with Gasteiger partial charge in [-0.15, -0.1) is 0 Å². The molecule has 9 heteroatoms. The minimum absolute atomic E-state index is 0.0805. The van der Waals surface area contributed by atoms with Gasteiger partial charge in [0.15, 0.2) is 0 Å². The number of furan rings is 1. The number of aromatic carboxylic acids is 1. The number of halogens is 3. The van der Waals surface area contributed by atoms with Gasteiger partial charge >= 0.3 is 12.1 Å². The molecule has 0 spiro atoms. The first kappa shape index (κ1) is 23.0. The summed E-state index contributed by atoms with van der Waals surface area (Å²) in [5, 5.41) is 14.7. The summed E-state index contributed by atoms with van der Waals surface area (Å²) >= 11 is 0. The van der Waals surface area contributed by atoms with Gasteiger partial charge in [0.05, 0.1) is 28.1 Å². The maximum absolute atomic E-state index is 13.1. The number of hydrogen-bond donors (Lipinski definition) is 1. The molecule has 0 unspecified atom stereocenters. The van der Waals surface area contributed by atoms with Crippen LogP contribution < -0.4 is 5.01 Å². The SMILES string of the molecule is CC(C)C1=NN(c2ccc(C(=O)O)cc2)C(=O)/C1=C\c1ccc(-c2cccc(C(F)(F)F)c2)o1. The van der Waals surface area contributed by atoms with E-state index < -0.39 is 23.6 Å². The van der Waals surface area contributed by atoms with E-state index in [9.17, 15) is 22.8 Å². The number of rotatable bonds is 5. The van der Waals surface area contributed by atoms with E-state index in [0.717, 1.165) is 12.1 Å². The zero-order valence-electron chi connectivity index (χ0n) is 18.1. The van der Waals surface area contributed by atoms with E-state index in [-0.39, 0.29) is 34.1 Å². The lowest BCUT2D eigenvalue weighted by atomic mass is 9.99. The molecular formula is C25H19F3N2O4. The fourth-order valence-corrected chi connectivity index (χ4v) is 3.49. The van der Waals surface area contributed by atoms with Crippen LogP contribution in [0.25, 0.3) is 17.4 Å². The molecule has 1 amide bonds. The molecule has 3 aromatic rings. The summed E-state index contributed by atoms with van der Waals surface area (Å²) < 4.78 is 44.8. The molecular weight excluding hydrogens is 449 g/mol. The van der Waals surface area contributed by atoms with Gasteiger partial charge in [0.1, 0.15) is 11.5 Å². The molecule has 34 heavy (non-hydrogen) atoms. The van der Waals surface area contributed by atoms with Gasteiger partial charge in [-0.25, -0.2) is 4.79 Å². The van der Waals surface area contributed by atoms with Gasteiger partial charge in [0.2, 0.25) is 0 Å². The fraction of sp³-hybridized carbons (Fsp3) is 0.160. The average molecular weight is 468 g/mol. The van der Waals surface area contributed by atoms with E-state index in [1.807, 2.05) is 13.8 Å². The predicted molar refractivity (Wildman–Crippen MR) is 120 cm³/mol. The van der Waals surface area contributed by atoms with Crippen LogP contribution in [0, 0.1) is 5.92 Å². The second-order valence-electron chi connectivity index (χ2n) is 7.95. The van der Waals surface area contributed by atoms with Gasteiger partial charge in [0, 0.05) is 5.56 Å². The van der Waals surface area contributed by atoms with Crippen molar-refractivity contribution < 1.29 is 32.3 Å². The molecule has 2 aromatic carbocycles. The van der Waals surface area contributed by atoms with Crippen LogP contribution in [-0.2, 0) is 11.0 Å². The van der Waals surface area contributed by atoms with Gasteiger partial charge in [-0.3, -0.25) is 4.79 Å². The Kier molecular flexibility index (Phi) is 5.87. The Bertz CT molecular complexity index is 1320. The Morgan fingerprint density at radius 1 is 1.09 bits per heavy atom. The molecule has 0 bridgehead atoms. The van der Waals surface area contributed by atoms with Gasteiger partial charge in [0.25, 0.3) is 5.91 Å². The third-order valence-corrected chi connectivity index (χ3v) is 5.20. The van der Waals surface area contributed by atoms with Gasteiger partial charge in [-0.1, -0.05) is 26.0 Å². The Labute approximate surface area is 192 Å². The van der Waals surface area contributed by atoms with E-state index in [4.69, 9.17) is 9.52 Å². The number of anilines is 1. The van der Waals surface area contributed by atoms with Crippen molar-refractivity contribution in [2.45, 2.75) is 20.0 Å². The number of carboxylic acids is 1. The summed E-state index contributed by atoms with van der Waals surface area (Å²) in [5.41, 5.74) is 0.741. The smallest absolute Gasteiger partial charge is 0.416 e. The van der Waals surface area contributed by atoms with Crippen LogP contribution in [0.1, 0.15) is 35.5 Å². The number of hydrogen-bond acceptors (Lipinski definition) is 4. The summed E-state index contributed by atoms with van der Waals surface area (Å²) in [4.78, 5) is 24.2. The third kappa shape index (κ3) is 4.50. The number of carbonyl (C=O) groups is 2. The van der Waals surface area contributed by atoms with Gasteiger partial charge < -0.3 is 9.52 Å². The Balaban J connectivity index is 1.65. The van der Waals surface area contributed by atoms with Crippen molar-refractivity contribution in [1.82, 2.24) is 0 Å². The van der Waals surface area contributed by atoms with E-state index in [2.05, 4.69) is 5.10 Å². The highest BCUT2D eigenvalue weighted by Gasteiger charge is 2.33. The van der Waals surface area contributed by atoms with Crippen LogP contribution in [-0.4, -0.2) is 22.7 Å². The number of nitrogens with zero attached hydrogens (tertiary/aromatic N) is 2. The van der Waals surface area contributed by atoms with Crippen LogP contribution in [0.3, 0.4) is 0 Å². The highest BCUT2D eigenvalue weighted by Crippen LogP contribution is 2.33. The van der Waals surface area contributed by atoms with Crippen LogP contribution >= 0.6 is 0 Å². The zero-order valence-corrected chi connectivity index (χ0v) is 18.1. The highest BCUT2D eigenvalue weighted by molar-refractivity contribution is 6.33. The van der Waals surface area contributed by atoms with Crippen molar-refractivity contribution in [3.05, 3.63) is 83.1 Å². The van der Waals surface area contributed by atoms with Crippen LogP contribution in [0.15, 0.2) is 75.8 Å². The van der Waals surface area contributed by atoms with Crippen molar-refractivity contribution in [2.75, 3.05) is 5.01 Å². The molecule has 1 aromatic heterocycles. The quantitative estimate of drug-likeness (QED) is 0.458. The second-order valence-corrected chi connectivity index (χ2v) is 7.95. The van der Waals surface area contributed by atoms with E-state index >= 15 is 0 Å². The first-order chi connectivity index (χ1) is 16.0. The minimum Gasteiger partial charge on any atom is -0.478 e. The monoisotopic (exact) mass is 468 g/mol. The molecule has 4 rings (SSSR count). The van der Waals surface area contributed by atoms with E-state index in [1.54, 1.807) is 6.07 Å². The predicted octanol–water partition coefficient (Wildman–Crippen LogP) is 6.11. The van der Waals surface area contributed by atoms with Crippen molar-refractivity contribution >= 4 is 29.4 Å². The lowest BCUT2D eigenvalue weighted by Crippen LogP contribution is -2.21. The number of alkyl halides is 3. The van der Waals surface area contributed by atoms with Crippen molar-refractivity contribution in [3.8, 4) is 11.3 Å². The van der Waals surface area contributed by atoms with Crippen molar-refractivity contribution in [1.29, 1.82) is 0 Å². The average Bonchev–Trinajstić information content (AvgIpc) is 3.39. The second kappa shape index (κ2) is 8.66. The molecule has 1 N–H and O–H groups in total. The molecule has 0 atom stereocenters.